The van der Waals surface area contributed by atoms with E-state index in [9.17, 15) is 14.8 Å². The zero-order valence-electron chi connectivity index (χ0n) is 15.1. The van der Waals surface area contributed by atoms with E-state index < -0.39 is 0 Å². The van der Waals surface area contributed by atoms with E-state index in [0.29, 0.717) is 25.5 Å². The normalized spacial score (nSPS) is 18.6. The van der Waals surface area contributed by atoms with Crippen LogP contribution in [0.4, 0.5) is 4.39 Å². The van der Waals surface area contributed by atoms with Gasteiger partial charge in [-0.1, -0.05) is 24.3 Å². The summed E-state index contributed by atoms with van der Waals surface area (Å²) in [6.07, 6.45) is -0.209. The fraction of sp³-hybridized carbons (Fsp3) is 0.238. The second kappa shape index (κ2) is 7.80. The maximum atomic E-state index is 13.1. The van der Waals surface area contributed by atoms with Crippen LogP contribution in [-0.2, 0) is 4.74 Å². The topological polar surface area (TPSA) is 85.2 Å². The first-order valence-electron chi connectivity index (χ1n) is 9.01. The minimum Gasteiger partial charge on any atom is -0.509 e. The predicted octanol–water partition coefficient (Wildman–Crippen LogP) is 3.57. The van der Waals surface area contributed by atoms with Crippen molar-refractivity contribution in [1.29, 1.82) is 5.26 Å². The fourth-order valence-corrected chi connectivity index (χ4v) is 3.34. The summed E-state index contributed by atoms with van der Waals surface area (Å²) in [5, 5.41) is 20.2. The Kier molecular flexibility index (Phi) is 5.06. The lowest BCUT2D eigenvalue weighted by Crippen LogP contribution is -2.39. The number of aliphatic hydroxyl groups is 1. The molecule has 0 radical (unpaired) electrons. The van der Waals surface area contributed by atoms with Gasteiger partial charge in [0, 0.05) is 13.1 Å². The van der Waals surface area contributed by atoms with Crippen LogP contribution in [-0.4, -0.2) is 46.2 Å². The first-order chi connectivity index (χ1) is 13.6. The highest BCUT2D eigenvalue weighted by atomic mass is 19.1. The molecular formula is C21H19FN4O2. The molecule has 2 N–H and O–H groups in total. The van der Waals surface area contributed by atoms with Crippen LogP contribution >= 0.6 is 0 Å². The molecule has 1 aliphatic heterocycles. The number of H-pyrrole nitrogens is 1. The van der Waals surface area contributed by atoms with Gasteiger partial charge in [0.05, 0.1) is 30.3 Å². The molecule has 3 aromatic rings. The number of hydrogen-bond donors (Lipinski definition) is 2. The van der Waals surface area contributed by atoms with Crippen LogP contribution in [0, 0.1) is 17.1 Å². The number of imidazole rings is 1. The number of allylic oxidation sites excluding steroid dienone is 1. The molecule has 1 aromatic heterocycles. The van der Waals surface area contributed by atoms with E-state index in [1.54, 1.807) is 12.1 Å². The third kappa shape index (κ3) is 3.74. The number of aliphatic hydroxyl groups excluding tert-OH is 1. The monoisotopic (exact) mass is 378 g/mol. The van der Waals surface area contributed by atoms with E-state index in [0.717, 1.165) is 16.6 Å². The van der Waals surface area contributed by atoms with Crippen molar-refractivity contribution in [2.45, 2.75) is 6.10 Å². The van der Waals surface area contributed by atoms with Crippen molar-refractivity contribution in [3.05, 3.63) is 71.5 Å². The lowest BCUT2D eigenvalue weighted by Gasteiger charge is -2.33. The Labute approximate surface area is 161 Å². The Balaban J connectivity index is 1.52. The third-order valence-corrected chi connectivity index (χ3v) is 4.79. The molecule has 1 unspecified atom stereocenters. The number of para-hydroxylation sites is 2. The average Bonchev–Trinajstić information content (AvgIpc) is 3.13. The summed E-state index contributed by atoms with van der Waals surface area (Å²) in [6.45, 7) is 1.86. The number of nitriles is 1. The predicted molar refractivity (Wildman–Crippen MR) is 103 cm³/mol. The number of benzene rings is 2. The van der Waals surface area contributed by atoms with Crippen LogP contribution in [0.25, 0.3) is 16.6 Å². The molecule has 0 aliphatic carbocycles. The molecular weight excluding hydrogens is 359 g/mol. The van der Waals surface area contributed by atoms with Gasteiger partial charge in [0.2, 0.25) is 0 Å². The lowest BCUT2D eigenvalue weighted by molar-refractivity contribution is -0.0293. The Bertz CT molecular complexity index is 1020. The van der Waals surface area contributed by atoms with Crippen LogP contribution < -0.4 is 0 Å². The summed E-state index contributed by atoms with van der Waals surface area (Å²) in [7, 11) is 0. The Morgan fingerprint density at radius 1 is 1.29 bits per heavy atom. The summed E-state index contributed by atoms with van der Waals surface area (Å²) in [5.41, 5.74) is 2.55. The van der Waals surface area contributed by atoms with Gasteiger partial charge < -0.3 is 14.8 Å². The molecule has 4 rings (SSSR count). The van der Waals surface area contributed by atoms with Gasteiger partial charge in [0.25, 0.3) is 0 Å². The van der Waals surface area contributed by atoms with E-state index in [2.05, 4.69) is 16.0 Å². The zero-order chi connectivity index (χ0) is 19.5. The highest BCUT2D eigenvalue weighted by molar-refractivity contribution is 5.82. The first kappa shape index (κ1) is 18.2. The smallest absolute Gasteiger partial charge is 0.152 e. The molecule has 0 bridgehead atoms. The molecule has 0 spiro atoms. The SMILES string of the molecule is N#C/C(=C(/O)CN1CCOC(c2ccc(F)cc2)C1)c1nc2ccccc2[nH]1. The molecule has 1 fully saturated rings. The van der Waals surface area contributed by atoms with Crippen molar-refractivity contribution >= 4 is 16.6 Å². The fourth-order valence-electron chi connectivity index (χ4n) is 3.34. The van der Waals surface area contributed by atoms with Gasteiger partial charge in [0.1, 0.15) is 23.2 Å². The number of aromatic nitrogens is 2. The molecule has 142 valence electrons. The van der Waals surface area contributed by atoms with Crippen molar-refractivity contribution in [2.75, 3.05) is 26.2 Å². The van der Waals surface area contributed by atoms with Crippen LogP contribution in [0.15, 0.2) is 54.3 Å². The molecule has 1 aliphatic rings. The molecule has 2 aromatic carbocycles. The molecule has 28 heavy (non-hydrogen) atoms. The molecule has 0 amide bonds. The second-order valence-corrected chi connectivity index (χ2v) is 6.68. The van der Waals surface area contributed by atoms with E-state index in [1.165, 1.54) is 12.1 Å². The Hall–Kier alpha value is -3.21. The van der Waals surface area contributed by atoms with Crippen LogP contribution in [0.5, 0.6) is 0 Å². The Morgan fingerprint density at radius 2 is 2.07 bits per heavy atom. The highest BCUT2D eigenvalue weighted by Crippen LogP contribution is 2.24. The minimum atomic E-state index is -0.290. The summed E-state index contributed by atoms with van der Waals surface area (Å²) < 4.78 is 18.9. The highest BCUT2D eigenvalue weighted by Gasteiger charge is 2.24. The van der Waals surface area contributed by atoms with Crippen molar-refractivity contribution in [2.24, 2.45) is 0 Å². The van der Waals surface area contributed by atoms with Crippen LogP contribution in [0.3, 0.4) is 0 Å². The quantitative estimate of drug-likeness (QED) is 0.536. The number of rotatable bonds is 4. The van der Waals surface area contributed by atoms with Gasteiger partial charge in [-0.25, -0.2) is 9.37 Å². The largest absolute Gasteiger partial charge is 0.509 e. The standard InChI is InChI=1S/C21H19FN4O2/c22-15-7-5-14(6-8-15)20-13-26(9-10-28-20)12-19(27)16(11-23)21-24-17-3-1-2-4-18(17)25-21/h1-8,20,27H,9-10,12-13H2,(H,24,25)/b19-16-. The van der Waals surface area contributed by atoms with Gasteiger partial charge in [-0.2, -0.15) is 5.26 Å². The third-order valence-electron chi connectivity index (χ3n) is 4.79. The Morgan fingerprint density at radius 3 is 2.82 bits per heavy atom. The number of nitrogens with one attached hydrogen (secondary N) is 1. The summed E-state index contributed by atoms with van der Waals surface area (Å²) in [4.78, 5) is 9.48. The number of ether oxygens (including phenoxy) is 1. The van der Waals surface area contributed by atoms with Gasteiger partial charge in [0.15, 0.2) is 5.82 Å². The summed E-state index contributed by atoms with van der Waals surface area (Å²) >= 11 is 0. The second-order valence-electron chi connectivity index (χ2n) is 6.68. The van der Waals surface area contributed by atoms with Crippen LogP contribution in [0.2, 0.25) is 0 Å². The minimum absolute atomic E-state index is 0.0405. The van der Waals surface area contributed by atoms with E-state index >= 15 is 0 Å². The maximum Gasteiger partial charge on any atom is 0.152 e. The van der Waals surface area contributed by atoms with Crippen LogP contribution in [0.1, 0.15) is 17.5 Å². The number of hydrogen-bond acceptors (Lipinski definition) is 5. The van der Waals surface area contributed by atoms with Crippen molar-refractivity contribution in [1.82, 2.24) is 14.9 Å². The van der Waals surface area contributed by atoms with E-state index in [1.807, 2.05) is 29.2 Å². The van der Waals surface area contributed by atoms with Gasteiger partial charge >= 0.3 is 0 Å². The number of halogens is 1. The lowest BCUT2D eigenvalue weighted by atomic mass is 10.1. The molecule has 0 saturated carbocycles. The van der Waals surface area contributed by atoms with Gasteiger partial charge in [-0.15, -0.1) is 0 Å². The van der Waals surface area contributed by atoms with Crippen molar-refractivity contribution in [3.63, 3.8) is 0 Å². The van der Waals surface area contributed by atoms with Gasteiger partial charge in [-0.05, 0) is 29.8 Å². The van der Waals surface area contributed by atoms with Crippen molar-refractivity contribution < 1.29 is 14.2 Å². The molecule has 6 nitrogen and oxygen atoms in total. The summed E-state index contributed by atoms with van der Waals surface area (Å²) in [6, 6.07) is 15.7. The van der Waals surface area contributed by atoms with Gasteiger partial charge in [-0.3, -0.25) is 4.90 Å². The number of aromatic amines is 1. The van der Waals surface area contributed by atoms with E-state index in [-0.39, 0.29) is 29.8 Å². The number of nitrogens with zero attached hydrogens (tertiary/aromatic N) is 3. The summed E-state index contributed by atoms with van der Waals surface area (Å²) in [5.74, 6) is 0.0207. The number of morpholine rings is 1. The molecule has 1 saturated heterocycles. The zero-order valence-corrected chi connectivity index (χ0v) is 15.1. The number of fused-ring (bicyclic) bond motifs is 1. The maximum absolute atomic E-state index is 13.1. The molecule has 2 heterocycles. The van der Waals surface area contributed by atoms with Crippen molar-refractivity contribution in [3.8, 4) is 6.07 Å². The molecule has 7 heteroatoms. The van der Waals surface area contributed by atoms with E-state index in [4.69, 9.17) is 4.74 Å². The molecule has 1 atom stereocenters. The average molecular weight is 378 g/mol. The first-order valence-corrected chi connectivity index (χ1v) is 9.01.